The molecule has 1 unspecified atom stereocenters. The second-order valence-corrected chi connectivity index (χ2v) is 4.71. The van der Waals surface area contributed by atoms with Crippen LogP contribution in [-0.4, -0.2) is 23.4 Å². The number of benzene rings is 1. The Labute approximate surface area is 110 Å². The summed E-state index contributed by atoms with van der Waals surface area (Å²) in [4.78, 5) is 25.2. The number of carbonyl (C=O) groups excluding carboxylic acids is 2. The fourth-order valence-corrected chi connectivity index (χ4v) is 2.18. The van der Waals surface area contributed by atoms with Gasteiger partial charge in [-0.2, -0.15) is 0 Å². The summed E-state index contributed by atoms with van der Waals surface area (Å²) in [6.45, 7) is 5.40. The summed E-state index contributed by atoms with van der Waals surface area (Å²) in [5, 5.41) is 3.22. The highest BCUT2D eigenvalue weighted by molar-refractivity contribution is 6.30. The fourth-order valence-electron chi connectivity index (χ4n) is 1.99. The van der Waals surface area contributed by atoms with Gasteiger partial charge in [-0.25, -0.2) is 4.79 Å². The maximum Gasteiger partial charge on any atom is 0.325 e. The lowest BCUT2D eigenvalue weighted by Crippen LogP contribution is -2.40. The van der Waals surface area contributed by atoms with E-state index in [2.05, 4.69) is 11.9 Å². The van der Waals surface area contributed by atoms with E-state index in [1.54, 1.807) is 31.2 Å². The number of nitrogens with one attached hydrogen (secondary N) is 1. The molecule has 1 N–H and O–H groups in total. The van der Waals surface area contributed by atoms with E-state index in [0.717, 1.165) is 4.90 Å². The second-order valence-electron chi connectivity index (χ2n) is 4.27. The first-order valence-electron chi connectivity index (χ1n) is 5.50. The molecular weight excluding hydrogens is 252 g/mol. The Morgan fingerprint density at radius 3 is 2.83 bits per heavy atom. The van der Waals surface area contributed by atoms with Crippen molar-refractivity contribution in [3.05, 3.63) is 47.5 Å². The van der Waals surface area contributed by atoms with Crippen LogP contribution >= 0.6 is 11.6 Å². The highest BCUT2D eigenvalue weighted by Crippen LogP contribution is 2.30. The Kier molecular flexibility index (Phi) is 3.13. The van der Waals surface area contributed by atoms with Crippen LogP contribution in [0.2, 0.25) is 5.02 Å². The Bertz CT molecular complexity index is 529. The van der Waals surface area contributed by atoms with E-state index >= 15 is 0 Å². The number of nitrogens with zero attached hydrogens (tertiary/aromatic N) is 1. The topological polar surface area (TPSA) is 49.4 Å². The predicted octanol–water partition coefficient (Wildman–Crippen LogP) is 2.29. The van der Waals surface area contributed by atoms with Crippen LogP contribution in [0.25, 0.3) is 0 Å². The van der Waals surface area contributed by atoms with Crippen molar-refractivity contribution in [3.63, 3.8) is 0 Å². The van der Waals surface area contributed by atoms with Crippen LogP contribution < -0.4 is 5.32 Å². The van der Waals surface area contributed by atoms with Gasteiger partial charge in [-0.3, -0.25) is 9.69 Å². The van der Waals surface area contributed by atoms with Crippen LogP contribution in [0.3, 0.4) is 0 Å². The third-order valence-corrected chi connectivity index (χ3v) is 3.22. The molecule has 0 bridgehead atoms. The largest absolute Gasteiger partial charge is 0.325 e. The second kappa shape index (κ2) is 4.46. The van der Waals surface area contributed by atoms with Gasteiger partial charge >= 0.3 is 6.03 Å². The van der Waals surface area contributed by atoms with E-state index in [1.165, 1.54) is 6.08 Å². The van der Waals surface area contributed by atoms with Crippen molar-refractivity contribution >= 4 is 23.5 Å². The first kappa shape index (κ1) is 12.6. The molecule has 0 aliphatic carbocycles. The summed E-state index contributed by atoms with van der Waals surface area (Å²) in [5.74, 6) is -0.297. The number of rotatable bonds is 3. The molecule has 1 aliphatic rings. The lowest BCUT2D eigenvalue weighted by Gasteiger charge is -2.22. The Morgan fingerprint density at radius 1 is 1.50 bits per heavy atom. The molecule has 5 heteroatoms. The molecule has 0 saturated carbocycles. The molecule has 0 radical (unpaired) electrons. The molecule has 1 atom stereocenters. The van der Waals surface area contributed by atoms with Crippen LogP contribution in [0.1, 0.15) is 12.5 Å². The minimum absolute atomic E-state index is 0.195. The quantitative estimate of drug-likeness (QED) is 0.673. The van der Waals surface area contributed by atoms with Crippen molar-refractivity contribution in [3.8, 4) is 0 Å². The van der Waals surface area contributed by atoms with Crippen LogP contribution in [0.4, 0.5) is 4.79 Å². The Hall–Kier alpha value is -1.81. The van der Waals surface area contributed by atoms with Crippen LogP contribution in [0.5, 0.6) is 0 Å². The molecule has 1 fully saturated rings. The highest BCUT2D eigenvalue weighted by Gasteiger charge is 2.48. The van der Waals surface area contributed by atoms with Crippen molar-refractivity contribution in [2.45, 2.75) is 12.5 Å². The molecule has 1 saturated heterocycles. The minimum atomic E-state index is -1.06. The summed E-state index contributed by atoms with van der Waals surface area (Å²) in [7, 11) is 0. The number of hydrogen-bond acceptors (Lipinski definition) is 2. The summed E-state index contributed by atoms with van der Waals surface area (Å²) < 4.78 is 0. The average Bonchev–Trinajstić information content (AvgIpc) is 2.55. The number of carbonyl (C=O) groups is 2. The SMILES string of the molecule is C=CCN1C(=O)NC(C)(c2cccc(Cl)c2)C1=O. The van der Waals surface area contributed by atoms with Crippen LogP contribution in [0.15, 0.2) is 36.9 Å². The van der Waals surface area contributed by atoms with Crippen molar-refractivity contribution in [1.29, 1.82) is 0 Å². The van der Waals surface area contributed by atoms with Crippen LogP contribution in [-0.2, 0) is 10.3 Å². The zero-order valence-electron chi connectivity index (χ0n) is 9.94. The van der Waals surface area contributed by atoms with Gasteiger partial charge in [-0.15, -0.1) is 6.58 Å². The summed E-state index contributed by atoms with van der Waals surface area (Å²) in [6, 6.07) is 6.50. The van der Waals surface area contributed by atoms with E-state index in [1.807, 2.05) is 0 Å². The third-order valence-electron chi connectivity index (χ3n) is 2.99. The van der Waals surface area contributed by atoms with Crippen molar-refractivity contribution in [2.75, 3.05) is 6.54 Å². The Balaban J connectivity index is 2.41. The zero-order valence-corrected chi connectivity index (χ0v) is 10.7. The highest BCUT2D eigenvalue weighted by atomic mass is 35.5. The van der Waals surface area contributed by atoms with Crippen molar-refractivity contribution in [1.82, 2.24) is 10.2 Å². The molecule has 18 heavy (non-hydrogen) atoms. The van der Waals surface area contributed by atoms with Gasteiger partial charge in [0.1, 0.15) is 5.54 Å². The lowest BCUT2D eigenvalue weighted by molar-refractivity contribution is -0.130. The molecule has 2 rings (SSSR count). The number of amides is 3. The van der Waals surface area contributed by atoms with Gasteiger partial charge in [0, 0.05) is 11.6 Å². The number of urea groups is 1. The van der Waals surface area contributed by atoms with E-state index in [4.69, 9.17) is 11.6 Å². The van der Waals surface area contributed by atoms with E-state index < -0.39 is 11.6 Å². The molecule has 1 aromatic carbocycles. The standard InChI is InChI=1S/C13H13ClN2O2/c1-3-7-16-11(17)13(2,15-12(16)18)9-5-4-6-10(14)8-9/h3-6,8H,1,7H2,2H3,(H,15,18). The van der Waals surface area contributed by atoms with Gasteiger partial charge in [-0.1, -0.05) is 29.8 Å². The van der Waals surface area contributed by atoms with Gasteiger partial charge in [0.25, 0.3) is 5.91 Å². The van der Waals surface area contributed by atoms with Gasteiger partial charge < -0.3 is 5.32 Å². The average molecular weight is 265 g/mol. The van der Waals surface area contributed by atoms with Crippen LogP contribution in [0, 0.1) is 0 Å². The zero-order chi connectivity index (χ0) is 13.3. The lowest BCUT2D eigenvalue weighted by atomic mass is 9.92. The molecule has 94 valence electrons. The van der Waals surface area contributed by atoms with Crippen molar-refractivity contribution < 1.29 is 9.59 Å². The third kappa shape index (κ3) is 1.88. The Morgan fingerprint density at radius 2 is 2.22 bits per heavy atom. The number of imide groups is 1. The normalized spacial score (nSPS) is 23.1. The molecule has 1 heterocycles. The molecule has 0 spiro atoms. The summed E-state index contributed by atoms with van der Waals surface area (Å²) >= 11 is 5.91. The van der Waals surface area contributed by atoms with E-state index in [9.17, 15) is 9.59 Å². The monoisotopic (exact) mass is 264 g/mol. The molecule has 0 aromatic heterocycles. The maximum atomic E-state index is 12.3. The summed E-state index contributed by atoms with van der Waals surface area (Å²) in [5.41, 5.74) is -0.398. The molecule has 1 aromatic rings. The van der Waals surface area contributed by atoms with Crippen molar-refractivity contribution in [2.24, 2.45) is 0 Å². The number of hydrogen-bond donors (Lipinski definition) is 1. The predicted molar refractivity (Wildman–Crippen MR) is 69.2 cm³/mol. The van der Waals surface area contributed by atoms with Gasteiger partial charge in [0.15, 0.2) is 0 Å². The van der Waals surface area contributed by atoms with Gasteiger partial charge in [0.05, 0.1) is 0 Å². The maximum absolute atomic E-state index is 12.3. The smallest absolute Gasteiger partial charge is 0.319 e. The summed E-state index contributed by atoms with van der Waals surface area (Å²) in [6.07, 6.45) is 1.52. The molecule has 1 aliphatic heterocycles. The fraction of sp³-hybridized carbons (Fsp3) is 0.231. The van der Waals surface area contributed by atoms with Gasteiger partial charge in [0.2, 0.25) is 0 Å². The van der Waals surface area contributed by atoms with E-state index in [-0.39, 0.29) is 12.5 Å². The molecule has 3 amide bonds. The number of halogens is 1. The first-order valence-corrected chi connectivity index (χ1v) is 5.88. The minimum Gasteiger partial charge on any atom is -0.319 e. The first-order chi connectivity index (χ1) is 8.49. The molecular formula is C13H13ClN2O2. The van der Waals surface area contributed by atoms with Gasteiger partial charge in [-0.05, 0) is 24.6 Å². The van der Waals surface area contributed by atoms with E-state index in [0.29, 0.717) is 10.6 Å². The molecule has 4 nitrogen and oxygen atoms in total.